The first kappa shape index (κ1) is 30.1. The van der Waals surface area contributed by atoms with E-state index in [-0.39, 0.29) is 42.2 Å². The number of aliphatic imine (C=N–C) groups is 1. The van der Waals surface area contributed by atoms with Gasteiger partial charge in [0, 0.05) is 35.7 Å². The SMILES string of the molecule is CC(=NC(C)C)c1c(O)[nH]c2ccc(S(=O)(=O)N(CC(C)C)CC(O)C(Cc3ccccc3)NC(=O)O)cc12. The van der Waals surface area contributed by atoms with Gasteiger partial charge in [0.1, 0.15) is 0 Å². The number of aliphatic hydroxyl groups is 1. The molecule has 3 rings (SSSR count). The number of rotatable bonds is 12. The summed E-state index contributed by atoms with van der Waals surface area (Å²) in [6, 6.07) is 12.7. The Morgan fingerprint density at radius 3 is 2.33 bits per heavy atom. The van der Waals surface area contributed by atoms with Crippen molar-refractivity contribution in [1.82, 2.24) is 14.6 Å². The van der Waals surface area contributed by atoms with E-state index in [0.29, 0.717) is 22.2 Å². The predicted molar refractivity (Wildman–Crippen MR) is 152 cm³/mol. The van der Waals surface area contributed by atoms with E-state index >= 15 is 0 Å². The molecule has 0 aliphatic carbocycles. The van der Waals surface area contributed by atoms with Crippen LogP contribution in [0.2, 0.25) is 0 Å². The lowest BCUT2D eigenvalue weighted by Gasteiger charge is -2.30. The summed E-state index contributed by atoms with van der Waals surface area (Å²) in [5, 5.41) is 33.8. The van der Waals surface area contributed by atoms with Crippen molar-refractivity contribution in [3.63, 3.8) is 0 Å². The normalized spacial score (nSPS) is 14.3. The van der Waals surface area contributed by atoms with E-state index in [2.05, 4.69) is 15.3 Å². The minimum absolute atomic E-state index is 0.00810. The molecule has 2 unspecified atom stereocenters. The number of aromatic amines is 1. The second-order valence-electron chi connectivity index (χ2n) is 10.4. The Hall–Kier alpha value is -3.41. The van der Waals surface area contributed by atoms with E-state index in [4.69, 9.17) is 0 Å². The van der Waals surface area contributed by atoms with Crippen LogP contribution >= 0.6 is 0 Å². The molecular formula is C28H38N4O6S. The van der Waals surface area contributed by atoms with E-state index in [1.54, 1.807) is 13.0 Å². The first-order valence-electron chi connectivity index (χ1n) is 12.9. The van der Waals surface area contributed by atoms with Crippen molar-refractivity contribution in [2.75, 3.05) is 13.1 Å². The van der Waals surface area contributed by atoms with Gasteiger partial charge in [0.15, 0.2) is 5.88 Å². The summed E-state index contributed by atoms with van der Waals surface area (Å²) in [5.74, 6) is -0.164. The highest BCUT2D eigenvalue weighted by Crippen LogP contribution is 2.31. The average molecular weight is 559 g/mol. The number of carboxylic acid groups (broad SMARTS) is 1. The summed E-state index contributed by atoms with van der Waals surface area (Å²) < 4.78 is 29.0. The number of nitrogens with one attached hydrogen (secondary N) is 2. The molecule has 2 atom stereocenters. The Balaban J connectivity index is 1.99. The molecule has 0 saturated carbocycles. The number of aromatic nitrogens is 1. The lowest BCUT2D eigenvalue weighted by molar-refractivity contribution is 0.0980. The lowest BCUT2D eigenvalue weighted by atomic mass is 10.0. The fourth-order valence-electron chi connectivity index (χ4n) is 4.61. The summed E-state index contributed by atoms with van der Waals surface area (Å²) in [6.07, 6.45) is -2.43. The number of hydrogen-bond acceptors (Lipinski definition) is 6. The molecule has 1 aromatic heterocycles. The van der Waals surface area contributed by atoms with Crippen LogP contribution < -0.4 is 5.32 Å². The molecule has 0 saturated heterocycles. The number of H-pyrrole nitrogens is 1. The second kappa shape index (κ2) is 12.6. The molecule has 5 N–H and O–H groups in total. The Morgan fingerprint density at radius 2 is 1.74 bits per heavy atom. The van der Waals surface area contributed by atoms with Gasteiger partial charge in [0.2, 0.25) is 10.0 Å². The van der Waals surface area contributed by atoms with Crippen molar-refractivity contribution in [3.8, 4) is 5.88 Å². The molecule has 10 nitrogen and oxygen atoms in total. The highest BCUT2D eigenvalue weighted by molar-refractivity contribution is 7.89. The standard InChI is InChI=1S/C28H38N4O6S/c1-17(2)15-32(16-25(33)24(31-28(35)36)13-20-9-7-6-8-10-20)39(37,38)21-11-12-23-22(14-21)26(27(34)30-23)19(5)29-18(3)4/h6-12,14,17-18,24-25,30-31,33-34H,13,15-16H2,1-5H3,(H,35,36). The molecule has 11 heteroatoms. The number of sulfonamides is 1. The van der Waals surface area contributed by atoms with Crippen LogP contribution in [-0.4, -0.2) is 76.1 Å². The van der Waals surface area contributed by atoms with Crippen LogP contribution in [0.3, 0.4) is 0 Å². The zero-order valence-electron chi connectivity index (χ0n) is 22.9. The largest absolute Gasteiger partial charge is 0.494 e. The zero-order chi connectivity index (χ0) is 28.9. The predicted octanol–water partition coefficient (Wildman–Crippen LogP) is 3.98. The van der Waals surface area contributed by atoms with Crippen LogP contribution in [0.25, 0.3) is 10.9 Å². The second-order valence-corrected chi connectivity index (χ2v) is 12.3. The third kappa shape index (κ3) is 7.59. The van der Waals surface area contributed by atoms with Crippen molar-refractivity contribution < 1.29 is 28.5 Å². The quantitative estimate of drug-likeness (QED) is 0.212. The molecule has 0 spiro atoms. The summed E-state index contributed by atoms with van der Waals surface area (Å²) >= 11 is 0. The maximum absolute atomic E-state index is 13.9. The summed E-state index contributed by atoms with van der Waals surface area (Å²) in [4.78, 5) is 18.8. The van der Waals surface area contributed by atoms with Crippen molar-refractivity contribution in [3.05, 3.63) is 59.7 Å². The average Bonchev–Trinajstić information content (AvgIpc) is 3.17. The Kier molecular flexibility index (Phi) is 9.76. The van der Waals surface area contributed by atoms with E-state index in [1.807, 2.05) is 58.0 Å². The monoisotopic (exact) mass is 558 g/mol. The smallest absolute Gasteiger partial charge is 0.404 e. The van der Waals surface area contributed by atoms with E-state index in [9.17, 15) is 28.5 Å². The summed E-state index contributed by atoms with van der Waals surface area (Å²) in [6.45, 7) is 9.10. The van der Waals surface area contributed by atoms with Gasteiger partial charge in [0.25, 0.3) is 0 Å². The van der Waals surface area contributed by atoms with Gasteiger partial charge in [-0.2, -0.15) is 4.31 Å². The van der Waals surface area contributed by atoms with Gasteiger partial charge in [0.05, 0.1) is 22.6 Å². The Labute approximate surface area is 229 Å². The molecule has 0 fully saturated rings. The number of amides is 1. The number of fused-ring (bicyclic) bond motifs is 1. The number of benzene rings is 2. The van der Waals surface area contributed by atoms with Gasteiger partial charge in [-0.05, 0) is 56.9 Å². The number of aliphatic hydroxyl groups excluding tert-OH is 1. The number of aromatic hydroxyl groups is 1. The van der Waals surface area contributed by atoms with Gasteiger partial charge in [-0.25, -0.2) is 13.2 Å². The van der Waals surface area contributed by atoms with Gasteiger partial charge in [-0.3, -0.25) is 4.99 Å². The maximum atomic E-state index is 13.9. The zero-order valence-corrected chi connectivity index (χ0v) is 23.7. The van der Waals surface area contributed by atoms with Crippen LogP contribution in [0.15, 0.2) is 58.4 Å². The molecule has 0 aliphatic heterocycles. The molecule has 0 bridgehead atoms. The Morgan fingerprint density at radius 1 is 1.08 bits per heavy atom. The molecule has 3 aromatic rings. The highest BCUT2D eigenvalue weighted by Gasteiger charge is 2.32. The highest BCUT2D eigenvalue weighted by atomic mass is 32.2. The first-order chi connectivity index (χ1) is 18.3. The van der Waals surface area contributed by atoms with Crippen LogP contribution in [-0.2, 0) is 16.4 Å². The summed E-state index contributed by atoms with van der Waals surface area (Å²) in [7, 11) is -4.11. The van der Waals surface area contributed by atoms with Crippen molar-refractivity contribution in [1.29, 1.82) is 0 Å². The molecule has 2 aromatic carbocycles. The van der Waals surface area contributed by atoms with Gasteiger partial charge >= 0.3 is 6.09 Å². The molecule has 212 valence electrons. The molecule has 39 heavy (non-hydrogen) atoms. The first-order valence-corrected chi connectivity index (χ1v) is 14.3. The van der Waals surface area contributed by atoms with Gasteiger partial charge in [-0.1, -0.05) is 44.2 Å². The lowest BCUT2D eigenvalue weighted by Crippen LogP contribution is -2.50. The third-order valence-electron chi connectivity index (χ3n) is 6.23. The number of hydrogen-bond donors (Lipinski definition) is 5. The maximum Gasteiger partial charge on any atom is 0.404 e. The minimum Gasteiger partial charge on any atom is -0.494 e. The number of carbonyl (C=O) groups is 1. The fourth-order valence-corrected chi connectivity index (χ4v) is 6.26. The molecule has 0 aliphatic rings. The summed E-state index contributed by atoms with van der Waals surface area (Å²) in [5.41, 5.74) is 2.36. The van der Waals surface area contributed by atoms with Crippen LogP contribution in [0.5, 0.6) is 5.88 Å². The van der Waals surface area contributed by atoms with Crippen molar-refractivity contribution in [2.45, 2.75) is 64.1 Å². The van der Waals surface area contributed by atoms with E-state index < -0.39 is 28.3 Å². The molecule has 1 amide bonds. The topological polar surface area (TPSA) is 155 Å². The van der Waals surface area contributed by atoms with Crippen LogP contribution in [0.1, 0.15) is 45.7 Å². The van der Waals surface area contributed by atoms with Crippen LogP contribution in [0, 0.1) is 5.92 Å². The third-order valence-corrected chi connectivity index (χ3v) is 8.06. The van der Waals surface area contributed by atoms with Crippen molar-refractivity contribution >= 4 is 32.7 Å². The van der Waals surface area contributed by atoms with Crippen molar-refractivity contribution in [2.24, 2.45) is 10.9 Å². The molecular weight excluding hydrogens is 520 g/mol. The molecule has 1 heterocycles. The minimum atomic E-state index is -4.11. The van der Waals surface area contributed by atoms with Gasteiger partial charge in [-0.15, -0.1) is 0 Å². The molecule has 0 radical (unpaired) electrons. The van der Waals surface area contributed by atoms with E-state index in [1.165, 1.54) is 16.4 Å². The number of nitrogens with zero attached hydrogens (tertiary/aromatic N) is 2. The van der Waals surface area contributed by atoms with E-state index in [0.717, 1.165) is 5.56 Å². The fraction of sp³-hybridized carbons (Fsp3) is 0.429. The van der Waals surface area contributed by atoms with Gasteiger partial charge < -0.3 is 25.6 Å². The van der Waals surface area contributed by atoms with Crippen LogP contribution in [0.4, 0.5) is 4.79 Å². The Bertz CT molecular complexity index is 1420.